The highest BCUT2D eigenvalue weighted by Crippen LogP contribution is 2.25. The van der Waals surface area contributed by atoms with E-state index in [9.17, 15) is 9.59 Å². The quantitative estimate of drug-likeness (QED) is 0.759. The number of carbonyl (C=O) groups excluding carboxylic acids is 2. The molecule has 1 heterocycles. The van der Waals surface area contributed by atoms with E-state index < -0.39 is 0 Å². The van der Waals surface area contributed by atoms with Crippen molar-refractivity contribution in [1.29, 1.82) is 0 Å². The van der Waals surface area contributed by atoms with Crippen LogP contribution in [0.2, 0.25) is 0 Å². The van der Waals surface area contributed by atoms with Crippen LogP contribution < -0.4 is 19.7 Å². The lowest BCUT2D eigenvalue weighted by molar-refractivity contribution is -0.116. The zero-order chi connectivity index (χ0) is 19.9. The Balaban J connectivity index is 1.60. The minimum Gasteiger partial charge on any atom is -0.494 e. The molecule has 1 N–H and O–H groups in total. The van der Waals surface area contributed by atoms with E-state index in [1.54, 1.807) is 17.0 Å². The molecule has 0 aliphatic carbocycles. The molecule has 1 fully saturated rings. The molecule has 3 rings (SSSR count). The number of hydrogen-bond donors (Lipinski definition) is 1. The Morgan fingerprint density at radius 2 is 1.71 bits per heavy atom. The number of benzene rings is 2. The highest BCUT2D eigenvalue weighted by molar-refractivity contribution is 5.99. The van der Waals surface area contributed by atoms with Crippen LogP contribution in [0, 0.1) is 0 Å². The van der Waals surface area contributed by atoms with Gasteiger partial charge < -0.3 is 19.7 Å². The highest BCUT2D eigenvalue weighted by Gasteiger charge is 2.31. The van der Waals surface area contributed by atoms with Crippen molar-refractivity contribution >= 4 is 23.3 Å². The van der Waals surface area contributed by atoms with Gasteiger partial charge in [-0.2, -0.15) is 0 Å². The molecular formula is C21H25N3O4. The summed E-state index contributed by atoms with van der Waals surface area (Å²) in [5.41, 5.74) is 1.39. The molecule has 148 valence electrons. The molecule has 0 saturated carbocycles. The SMILES string of the molecule is CCOc1ccc(N2CCN(CC(=O)Nc3ccccc3OCC)C2=O)cc1. The number of hydrogen-bond acceptors (Lipinski definition) is 4. The van der Waals surface area contributed by atoms with Gasteiger partial charge in [-0.05, 0) is 50.2 Å². The molecule has 0 atom stereocenters. The second-order valence-corrected chi connectivity index (χ2v) is 6.26. The van der Waals surface area contributed by atoms with Gasteiger partial charge in [0.1, 0.15) is 18.0 Å². The summed E-state index contributed by atoms with van der Waals surface area (Å²) < 4.78 is 10.9. The van der Waals surface area contributed by atoms with E-state index in [0.717, 1.165) is 11.4 Å². The molecule has 3 amide bonds. The van der Waals surface area contributed by atoms with E-state index in [0.29, 0.717) is 37.7 Å². The number of anilines is 2. The van der Waals surface area contributed by atoms with Gasteiger partial charge in [-0.25, -0.2) is 4.79 Å². The summed E-state index contributed by atoms with van der Waals surface area (Å²) in [5, 5.41) is 2.83. The van der Waals surface area contributed by atoms with Crippen molar-refractivity contribution < 1.29 is 19.1 Å². The van der Waals surface area contributed by atoms with Gasteiger partial charge in [0.2, 0.25) is 5.91 Å². The van der Waals surface area contributed by atoms with Crippen LogP contribution in [0.3, 0.4) is 0 Å². The third-order valence-electron chi connectivity index (χ3n) is 4.35. The molecule has 2 aromatic carbocycles. The third kappa shape index (κ3) is 4.54. The number of amides is 3. The summed E-state index contributed by atoms with van der Waals surface area (Å²) in [6.45, 7) is 5.94. The van der Waals surface area contributed by atoms with Crippen molar-refractivity contribution in [2.75, 3.05) is 43.1 Å². The van der Waals surface area contributed by atoms with Crippen molar-refractivity contribution in [3.8, 4) is 11.5 Å². The lowest BCUT2D eigenvalue weighted by atomic mass is 10.3. The van der Waals surface area contributed by atoms with Gasteiger partial charge in [0, 0.05) is 18.8 Å². The molecule has 2 aromatic rings. The maximum absolute atomic E-state index is 12.7. The van der Waals surface area contributed by atoms with Gasteiger partial charge in [-0.15, -0.1) is 0 Å². The topological polar surface area (TPSA) is 71.1 Å². The molecule has 0 unspecified atom stereocenters. The first-order valence-electron chi connectivity index (χ1n) is 9.43. The van der Waals surface area contributed by atoms with Gasteiger partial charge in [-0.3, -0.25) is 9.69 Å². The number of urea groups is 1. The summed E-state index contributed by atoms with van der Waals surface area (Å²) in [7, 11) is 0. The maximum Gasteiger partial charge on any atom is 0.325 e. The van der Waals surface area contributed by atoms with E-state index in [1.807, 2.05) is 50.2 Å². The van der Waals surface area contributed by atoms with Crippen LogP contribution in [0.4, 0.5) is 16.2 Å². The molecular weight excluding hydrogens is 358 g/mol. The lowest BCUT2D eigenvalue weighted by Gasteiger charge is -2.19. The molecule has 28 heavy (non-hydrogen) atoms. The second kappa shape index (κ2) is 9.12. The molecule has 1 aliphatic heterocycles. The first-order chi connectivity index (χ1) is 13.6. The van der Waals surface area contributed by atoms with Crippen LogP contribution in [-0.4, -0.2) is 49.7 Å². The average Bonchev–Trinajstić information content (AvgIpc) is 3.05. The summed E-state index contributed by atoms with van der Waals surface area (Å²) in [6, 6.07) is 14.5. The number of ether oxygens (including phenoxy) is 2. The van der Waals surface area contributed by atoms with Crippen molar-refractivity contribution in [3.05, 3.63) is 48.5 Å². The number of carbonyl (C=O) groups is 2. The van der Waals surface area contributed by atoms with Crippen molar-refractivity contribution in [3.63, 3.8) is 0 Å². The molecule has 7 heteroatoms. The molecule has 0 spiro atoms. The van der Waals surface area contributed by atoms with Crippen LogP contribution in [0.15, 0.2) is 48.5 Å². The molecule has 7 nitrogen and oxygen atoms in total. The number of rotatable bonds is 8. The third-order valence-corrected chi connectivity index (χ3v) is 4.35. The van der Waals surface area contributed by atoms with Crippen LogP contribution >= 0.6 is 0 Å². The molecule has 0 aromatic heterocycles. The monoisotopic (exact) mass is 383 g/mol. The smallest absolute Gasteiger partial charge is 0.325 e. The van der Waals surface area contributed by atoms with Crippen LogP contribution in [0.1, 0.15) is 13.8 Å². The van der Waals surface area contributed by atoms with Crippen LogP contribution in [0.25, 0.3) is 0 Å². The summed E-state index contributed by atoms with van der Waals surface area (Å²) in [6.07, 6.45) is 0. The fourth-order valence-corrected chi connectivity index (χ4v) is 3.07. The molecule has 0 bridgehead atoms. The van der Waals surface area contributed by atoms with E-state index in [2.05, 4.69) is 5.32 Å². The van der Waals surface area contributed by atoms with Gasteiger partial charge >= 0.3 is 6.03 Å². The second-order valence-electron chi connectivity index (χ2n) is 6.26. The zero-order valence-electron chi connectivity index (χ0n) is 16.2. The van der Waals surface area contributed by atoms with E-state index >= 15 is 0 Å². The average molecular weight is 383 g/mol. The van der Waals surface area contributed by atoms with Gasteiger partial charge in [0.25, 0.3) is 0 Å². The Morgan fingerprint density at radius 1 is 1.00 bits per heavy atom. The highest BCUT2D eigenvalue weighted by atomic mass is 16.5. The molecule has 1 saturated heterocycles. The maximum atomic E-state index is 12.7. The van der Waals surface area contributed by atoms with Crippen LogP contribution in [-0.2, 0) is 4.79 Å². The van der Waals surface area contributed by atoms with E-state index in [-0.39, 0.29) is 18.5 Å². The van der Waals surface area contributed by atoms with E-state index in [1.165, 1.54) is 4.90 Å². The Labute approximate surface area is 164 Å². The largest absolute Gasteiger partial charge is 0.494 e. The van der Waals surface area contributed by atoms with Gasteiger partial charge in [-0.1, -0.05) is 12.1 Å². The van der Waals surface area contributed by atoms with Crippen molar-refractivity contribution in [2.45, 2.75) is 13.8 Å². The summed E-state index contributed by atoms with van der Waals surface area (Å²) >= 11 is 0. The fraction of sp³-hybridized carbons (Fsp3) is 0.333. The molecule has 0 radical (unpaired) electrons. The predicted molar refractivity (Wildman–Crippen MR) is 108 cm³/mol. The first kappa shape index (κ1) is 19.5. The summed E-state index contributed by atoms with van der Waals surface area (Å²) in [5.74, 6) is 1.12. The van der Waals surface area contributed by atoms with Gasteiger partial charge in [0.05, 0.1) is 18.9 Å². The molecule has 1 aliphatic rings. The minimum absolute atomic E-state index is 0.00712. The Morgan fingerprint density at radius 3 is 2.43 bits per heavy atom. The number of nitrogens with one attached hydrogen (secondary N) is 1. The van der Waals surface area contributed by atoms with Gasteiger partial charge in [0.15, 0.2) is 0 Å². The number of nitrogens with zero attached hydrogens (tertiary/aromatic N) is 2. The van der Waals surface area contributed by atoms with Crippen molar-refractivity contribution in [2.24, 2.45) is 0 Å². The van der Waals surface area contributed by atoms with Crippen LogP contribution in [0.5, 0.6) is 11.5 Å². The summed E-state index contributed by atoms with van der Waals surface area (Å²) in [4.78, 5) is 28.3. The first-order valence-corrected chi connectivity index (χ1v) is 9.43. The standard InChI is InChI=1S/C21H25N3O4/c1-3-27-17-11-9-16(10-12-17)24-14-13-23(21(24)26)15-20(25)22-18-7-5-6-8-19(18)28-4-2/h5-12H,3-4,13-15H2,1-2H3,(H,22,25). The Hall–Kier alpha value is -3.22. The normalized spacial score (nSPS) is 13.6. The number of para-hydroxylation sites is 2. The Bertz CT molecular complexity index is 823. The minimum atomic E-state index is -0.256. The fourth-order valence-electron chi connectivity index (χ4n) is 3.07. The zero-order valence-corrected chi connectivity index (χ0v) is 16.2. The lowest BCUT2D eigenvalue weighted by Crippen LogP contribution is -2.37. The predicted octanol–water partition coefficient (Wildman–Crippen LogP) is 3.36. The van der Waals surface area contributed by atoms with Crippen molar-refractivity contribution in [1.82, 2.24) is 4.90 Å². The Kier molecular flexibility index (Phi) is 6.37. The van der Waals surface area contributed by atoms with E-state index in [4.69, 9.17) is 9.47 Å².